The summed E-state index contributed by atoms with van der Waals surface area (Å²) in [5.74, 6) is 1.78. The van der Waals surface area contributed by atoms with E-state index in [2.05, 4.69) is 37.0 Å². The molecule has 1 N–H and O–H groups in total. The number of nitrogens with one attached hydrogen (secondary N) is 1. The van der Waals surface area contributed by atoms with Gasteiger partial charge in [0.05, 0.1) is 12.9 Å². The van der Waals surface area contributed by atoms with Crippen LogP contribution < -0.4 is 10.2 Å². The van der Waals surface area contributed by atoms with E-state index in [1.807, 2.05) is 23.2 Å². The first kappa shape index (κ1) is 16.2. The van der Waals surface area contributed by atoms with Crippen LogP contribution in [0.5, 0.6) is 0 Å². The molecular formula is C16H24N8. The molecule has 1 aliphatic rings. The number of rotatable bonds is 5. The van der Waals surface area contributed by atoms with Crippen molar-refractivity contribution >= 4 is 11.9 Å². The van der Waals surface area contributed by atoms with E-state index >= 15 is 0 Å². The number of aliphatic imine (C=N–C) groups is 1. The summed E-state index contributed by atoms with van der Waals surface area (Å²) in [6.45, 7) is 8.16. The van der Waals surface area contributed by atoms with Gasteiger partial charge in [-0.3, -0.25) is 4.99 Å². The lowest BCUT2D eigenvalue weighted by Crippen LogP contribution is -2.53. The van der Waals surface area contributed by atoms with Crippen LogP contribution in [0.15, 0.2) is 42.2 Å². The molecule has 1 aliphatic heterocycles. The molecule has 0 spiro atoms. The molecule has 0 unspecified atom stereocenters. The van der Waals surface area contributed by atoms with Gasteiger partial charge in [-0.15, -0.1) is 0 Å². The van der Waals surface area contributed by atoms with Gasteiger partial charge in [0.1, 0.15) is 0 Å². The highest BCUT2D eigenvalue weighted by molar-refractivity contribution is 5.80. The Morgan fingerprint density at radius 3 is 2.62 bits per heavy atom. The second kappa shape index (κ2) is 8.28. The Hall–Kier alpha value is -2.64. The van der Waals surface area contributed by atoms with Crippen molar-refractivity contribution in [3.05, 3.63) is 37.2 Å². The molecule has 0 aliphatic carbocycles. The monoisotopic (exact) mass is 328 g/mol. The molecule has 0 aromatic carbocycles. The van der Waals surface area contributed by atoms with Gasteiger partial charge in [0.25, 0.3) is 0 Å². The molecule has 2 aromatic rings. The smallest absolute Gasteiger partial charge is 0.225 e. The molecule has 0 bridgehead atoms. The molecule has 3 rings (SSSR count). The second-order valence-corrected chi connectivity index (χ2v) is 5.56. The lowest BCUT2D eigenvalue weighted by molar-refractivity contribution is 0.370. The minimum Gasteiger partial charge on any atom is -0.357 e. The summed E-state index contributed by atoms with van der Waals surface area (Å²) >= 11 is 0. The van der Waals surface area contributed by atoms with E-state index < -0.39 is 0 Å². The third-order valence-corrected chi connectivity index (χ3v) is 3.93. The average molecular weight is 328 g/mol. The van der Waals surface area contributed by atoms with Gasteiger partial charge in [-0.2, -0.15) is 0 Å². The van der Waals surface area contributed by atoms with Crippen molar-refractivity contribution in [2.45, 2.75) is 13.5 Å². The Morgan fingerprint density at radius 1 is 1.17 bits per heavy atom. The molecule has 0 saturated carbocycles. The van der Waals surface area contributed by atoms with Crippen LogP contribution in [-0.4, -0.2) is 69.6 Å². The number of aromatic nitrogens is 4. The summed E-state index contributed by atoms with van der Waals surface area (Å²) < 4.78 is 2.04. The molecule has 128 valence electrons. The molecule has 0 radical (unpaired) electrons. The zero-order valence-electron chi connectivity index (χ0n) is 14.0. The number of guanidine groups is 1. The Kier molecular flexibility index (Phi) is 5.60. The zero-order valence-corrected chi connectivity index (χ0v) is 14.0. The van der Waals surface area contributed by atoms with Gasteiger partial charge >= 0.3 is 0 Å². The quantitative estimate of drug-likeness (QED) is 0.635. The van der Waals surface area contributed by atoms with E-state index in [0.717, 1.165) is 57.7 Å². The summed E-state index contributed by atoms with van der Waals surface area (Å²) in [6.07, 6.45) is 9.15. The molecule has 24 heavy (non-hydrogen) atoms. The van der Waals surface area contributed by atoms with Gasteiger partial charge in [0.15, 0.2) is 5.96 Å². The van der Waals surface area contributed by atoms with Crippen molar-refractivity contribution in [1.82, 2.24) is 29.7 Å². The third kappa shape index (κ3) is 4.21. The van der Waals surface area contributed by atoms with Crippen molar-refractivity contribution < 1.29 is 0 Å². The van der Waals surface area contributed by atoms with Crippen molar-refractivity contribution in [3.8, 4) is 0 Å². The number of imidazole rings is 1. The van der Waals surface area contributed by atoms with E-state index in [1.54, 1.807) is 18.6 Å². The van der Waals surface area contributed by atoms with E-state index in [1.165, 1.54) is 0 Å². The van der Waals surface area contributed by atoms with Gasteiger partial charge in [-0.1, -0.05) is 0 Å². The molecule has 1 saturated heterocycles. The summed E-state index contributed by atoms with van der Waals surface area (Å²) in [4.78, 5) is 22.0. The predicted molar refractivity (Wildman–Crippen MR) is 94.0 cm³/mol. The lowest BCUT2D eigenvalue weighted by Gasteiger charge is -2.36. The topological polar surface area (TPSA) is 74.5 Å². The molecular weight excluding hydrogens is 304 g/mol. The number of nitrogens with zero attached hydrogens (tertiary/aromatic N) is 7. The minimum absolute atomic E-state index is 0.737. The molecule has 3 heterocycles. The van der Waals surface area contributed by atoms with Gasteiger partial charge in [-0.05, 0) is 13.0 Å². The van der Waals surface area contributed by atoms with Gasteiger partial charge in [0.2, 0.25) is 5.95 Å². The van der Waals surface area contributed by atoms with E-state index in [0.29, 0.717) is 0 Å². The Labute approximate surface area is 142 Å². The standard InChI is InChI=1S/C16H24N8/c1-2-18-15(21-7-9-22-8-6-17-14-22)23-10-12-24(13-11-23)16-19-4-3-5-20-16/h3-6,8,14H,2,7,9-13H2,1H3,(H,18,21). The number of hydrogen-bond donors (Lipinski definition) is 1. The van der Waals surface area contributed by atoms with Crippen LogP contribution in [-0.2, 0) is 6.54 Å². The maximum Gasteiger partial charge on any atom is 0.225 e. The SMILES string of the molecule is CCNC(=NCCn1ccnc1)N1CCN(c2ncccn2)CC1. The lowest BCUT2D eigenvalue weighted by atomic mass is 10.3. The largest absolute Gasteiger partial charge is 0.357 e. The summed E-state index contributed by atoms with van der Waals surface area (Å²) in [7, 11) is 0. The van der Waals surface area contributed by atoms with E-state index in [-0.39, 0.29) is 0 Å². The molecule has 1 fully saturated rings. The van der Waals surface area contributed by atoms with Crippen LogP contribution in [0.2, 0.25) is 0 Å². The highest BCUT2D eigenvalue weighted by atomic mass is 15.4. The Balaban J connectivity index is 1.55. The fourth-order valence-corrected chi connectivity index (χ4v) is 2.69. The first-order valence-corrected chi connectivity index (χ1v) is 8.38. The molecule has 0 amide bonds. The van der Waals surface area contributed by atoms with Crippen LogP contribution in [0, 0.1) is 0 Å². The van der Waals surface area contributed by atoms with Crippen LogP contribution in [0.4, 0.5) is 5.95 Å². The van der Waals surface area contributed by atoms with Crippen molar-refractivity contribution in [2.75, 3.05) is 44.2 Å². The summed E-state index contributed by atoms with van der Waals surface area (Å²) in [6, 6.07) is 1.84. The Bertz CT molecular complexity index is 617. The second-order valence-electron chi connectivity index (χ2n) is 5.56. The van der Waals surface area contributed by atoms with Crippen molar-refractivity contribution in [3.63, 3.8) is 0 Å². The number of piperazine rings is 1. The summed E-state index contributed by atoms with van der Waals surface area (Å²) in [5.41, 5.74) is 0. The van der Waals surface area contributed by atoms with Crippen LogP contribution >= 0.6 is 0 Å². The zero-order chi connectivity index (χ0) is 16.6. The molecule has 0 atom stereocenters. The van der Waals surface area contributed by atoms with Gasteiger partial charge < -0.3 is 19.7 Å². The molecule has 8 nitrogen and oxygen atoms in total. The predicted octanol–water partition coefficient (Wildman–Crippen LogP) is 0.461. The van der Waals surface area contributed by atoms with Crippen LogP contribution in [0.25, 0.3) is 0 Å². The minimum atomic E-state index is 0.737. The first-order valence-electron chi connectivity index (χ1n) is 8.38. The highest BCUT2D eigenvalue weighted by Gasteiger charge is 2.20. The van der Waals surface area contributed by atoms with E-state index in [4.69, 9.17) is 4.99 Å². The van der Waals surface area contributed by atoms with Gasteiger partial charge in [0, 0.05) is 64.1 Å². The molecule has 8 heteroatoms. The normalized spacial score (nSPS) is 15.6. The number of hydrogen-bond acceptors (Lipinski definition) is 5. The van der Waals surface area contributed by atoms with Gasteiger partial charge in [-0.25, -0.2) is 15.0 Å². The van der Waals surface area contributed by atoms with Crippen LogP contribution in [0.3, 0.4) is 0 Å². The fraction of sp³-hybridized carbons (Fsp3) is 0.500. The maximum atomic E-state index is 4.74. The fourth-order valence-electron chi connectivity index (χ4n) is 2.69. The third-order valence-electron chi connectivity index (χ3n) is 3.93. The average Bonchev–Trinajstić information content (AvgIpc) is 3.15. The first-order chi connectivity index (χ1) is 11.9. The molecule has 2 aromatic heterocycles. The van der Waals surface area contributed by atoms with Crippen LogP contribution in [0.1, 0.15) is 6.92 Å². The summed E-state index contributed by atoms with van der Waals surface area (Å²) in [5, 5.41) is 3.39. The Morgan fingerprint density at radius 2 is 1.96 bits per heavy atom. The highest BCUT2D eigenvalue weighted by Crippen LogP contribution is 2.09. The van der Waals surface area contributed by atoms with Crippen molar-refractivity contribution in [2.24, 2.45) is 4.99 Å². The number of anilines is 1. The maximum absolute atomic E-state index is 4.74. The van der Waals surface area contributed by atoms with E-state index in [9.17, 15) is 0 Å². The van der Waals surface area contributed by atoms with Crippen molar-refractivity contribution in [1.29, 1.82) is 0 Å².